The predicted molar refractivity (Wildman–Crippen MR) is 79.9 cm³/mol. The second-order valence-electron chi connectivity index (χ2n) is 5.08. The van der Waals surface area contributed by atoms with Crippen molar-refractivity contribution in [3.63, 3.8) is 0 Å². The number of amides is 1. The van der Waals surface area contributed by atoms with Gasteiger partial charge >= 0.3 is 0 Å². The van der Waals surface area contributed by atoms with Crippen LogP contribution in [0.15, 0.2) is 42.9 Å². The van der Waals surface area contributed by atoms with Gasteiger partial charge in [0.25, 0.3) is 5.91 Å². The minimum atomic E-state index is -0.447. The van der Waals surface area contributed by atoms with Crippen LogP contribution in [0.3, 0.4) is 0 Å². The van der Waals surface area contributed by atoms with Gasteiger partial charge in [0.1, 0.15) is 6.04 Å². The smallest absolute Gasteiger partial charge is 0.251 e. The highest BCUT2D eigenvalue weighted by atomic mass is 16.2. The summed E-state index contributed by atoms with van der Waals surface area (Å²) in [7, 11) is 1.83. The van der Waals surface area contributed by atoms with Crippen LogP contribution in [0.2, 0.25) is 0 Å². The molecule has 6 heteroatoms. The summed E-state index contributed by atoms with van der Waals surface area (Å²) >= 11 is 0. The molecular weight excluding hydrogens is 266 g/mol. The van der Waals surface area contributed by atoms with E-state index in [4.69, 9.17) is 0 Å². The molecule has 0 aliphatic carbocycles. The van der Waals surface area contributed by atoms with Gasteiger partial charge < -0.3 is 10.6 Å². The number of fused-ring (bicyclic) bond motifs is 3. The fourth-order valence-electron chi connectivity index (χ4n) is 2.63. The Bertz CT molecular complexity index is 854. The molecule has 1 amide bonds. The van der Waals surface area contributed by atoms with Crippen LogP contribution in [0.5, 0.6) is 0 Å². The molecule has 0 saturated heterocycles. The van der Waals surface area contributed by atoms with Gasteiger partial charge in [0.2, 0.25) is 0 Å². The molecule has 21 heavy (non-hydrogen) atoms. The minimum Gasteiger partial charge on any atom is -0.368 e. The Morgan fingerprint density at radius 3 is 2.90 bits per heavy atom. The van der Waals surface area contributed by atoms with Crippen LogP contribution in [-0.4, -0.2) is 20.7 Å². The highest BCUT2D eigenvalue weighted by Crippen LogP contribution is 2.36. The van der Waals surface area contributed by atoms with Crippen molar-refractivity contribution in [3.8, 4) is 0 Å². The molecule has 3 heterocycles. The third-order valence-electron chi connectivity index (χ3n) is 3.64. The lowest BCUT2D eigenvalue weighted by atomic mass is 10.0. The number of para-hydroxylation sites is 1. The lowest BCUT2D eigenvalue weighted by Crippen LogP contribution is -2.32. The van der Waals surface area contributed by atoms with Crippen LogP contribution in [0.25, 0.3) is 10.9 Å². The zero-order valence-corrected chi connectivity index (χ0v) is 11.4. The van der Waals surface area contributed by atoms with E-state index in [1.54, 1.807) is 17.1 Å². The molecule has 2 aromatic heterocycles. The quantitative estimate of drug-likeness (QED) is 0.715. The third kappa shape index (κ3) is 1.84. The number of rotatable bonds is 1. The van der Waals surface area contributed by atoms with E-state index in [-0.39, 0.29) is 5.91 Å². The first-order chi connectivity index (χ1) is 10.2. The van der Waals surface area contributed by atoms with Gasteiger partial charge in [-0.05, 0) is 6.07 Å². The van der Waals surface area contributed by atoms with Crippen LogP contribution in [0.4, 0.5) is 11.4 Å². The van der Waals surface area contributed by atoms with Crippen molar-refractivity contribution < 1.29 is 4.79 Å². The SMILES string of the molecule is Cn1cc(C2Nc3c(cnc4ccccc34)NC2=O)cn1. The standard InChI is InChI=1S/C15H13N5O/c1-20-8-9(6-17-20)13-15(21)18-12-7-16-11-5-3-2-4-10(11)14(12)19-13/h2-8,13,19H,1H3,(H,18,21). The van der Waals surface area contributed by atoms with E-state index in [0.29, 0.717) is 5.69 Å². The summed E-state index contributed by atoms with van der Waals surface area (Å²) in [6, 6.07) is 7.40. The first kappa shape index (κ1) is 11.9. The highest BCUT2D eigenvalue weighted by Gasteiger charge is 2.29. The van der Waals surface area contributed by atoms with Gasteiger partial charge in [-0.25, -0.2) is 0 Å². The van der Waals surface area contributed by atoms with Crippen LogP contribution >= 0.6 is 0 Å². The van der Waals surface area contributed by atoms with Gasteiger partial charge in [0, 0.05) is 24.2 Å². The van der Waals surface area contributed by atoms with E-state index >= 15 is 0 Å². The molecule has 0 radical (unpaired) electrons. The van der Waals surface area contributed by atoms with Crippen molar-refractivity contribution in [3.05, 3.63) is 48.4 Å². The number of carbonyl (C=O) groups excluding carboxylic acids is 1. The van der Waals surface area contributed by atoms with Crippen molar-refractivity contribution in [2.75, 3.05) is 10.6 Å². The summed E-state index contributed by atoms with van der Waals surface area (Å²) in [5.41, 5.74) is 3.33. The molecule has 0 saturated carbocycles. The first-order valence-electron chi connectivity index (χ1n) is 6.66. The molecule has 6 nitrogen and oxygen atoms in total. The monoisotopic (exact) mass is 279 g/mol. The normalized spacial score (nSPS) is 17.2. The number of hydrogen-bond acceptors (Lipinski definition) is 4. The molecule has 1 aliphatic heterocycles. The maximum Gasteiger partial charge on any atom is 0.251 e. The minimum absolute atomic E-state index is 0.104. The zero-order valence-electron chi connectivity index (χ0n) is 11.4. The van der Waals surface area contributed by atoms with Gasteiger partial charge in [-0.1, -0.05) is 18.2 Å². The number of carbonyl (C=O) groups is 1. The van der Waals surface area contributed by atoms with Crippen molar-refractivity contribution in [1.29, 1.82) is 0 Å². The van der Waals surface area contributed by atoms with Gasteiger partial charge in [0.15, 0.2) is 0 Å². The molecule has 1 unspecified atom stereocenters. The van der Waals surface area contributed by atoms with E-state index in [2.05, 4.69) is 20.7 Å². The molecule has 1 atom stereocenters. The molecular formula is C15H13N5O. The fraction of sp³-hybridized carbons (Fsp3) is 0.133. The lowest BCUT2D eigenvalue weighted by Gasteiger charge is -2.26. The van der Waals surface area contributed by atoms with Crippen LogP contribution in [0.1, 0.15) is 11.6 Å². The van der Waals surface area contributed by atoms with Crippen molar-refractivity contribution in [1.82, 2.24) is 14.8 Å². The average Bonchev–Trinajstić information content (AvgIpc) is 2.92. The van der Waals surface area contributed by atoms with Gasteiger partial charge in [-0.15, -0.1) is 0 Å². The molecule has 3 aromatic rings. The number of benzene rings is 1. The van der Waals surface area contributed by atoms with E-state index < -0.39 is 6.04 Å². The Labute approximate surface area is 120 Å². The number of anilines is 2. The van der Waals surface area contributed by atoms with Crippen LogP contribution < -0.4 is 10.6 Å². The van der Waals surface area contributed by atoms with Crippen molar-refractivity contribution in [2.24, 2.45) is 7.05 Å². The number of pyridine rings is 1. The Morgan fingerprint density at radius 1 is 1.24 bits per heavy atom. The molecule has 0 spiro atoms. The second kappa shape index (κ2) is 4.31. The van der Waals surface area contributed by atoms with Gasteiger partial charge in [-0.2, -0.15) is 5.10 Å². The van der Waals surface area contributed by atoms with Crippen molar-refractivity contribution in [2.45, 2.75) is 6.04 Å². The predicted octanol–water partition coefficient (Wildman–Crippen LogP) is 2.07. The summed E-state index contributed by atoms with van der Waals surface area (Å²) in [5, 5.41) is 11.3. The number of aryl methyl sites for hydroxylation is 1. The maximum atomic E-state index is 12.3. The summed E-state index contributed by atoms with van der Waals surface area (Å²) in [4.78, 5) is 16.6. The van der Waals surface area contributed by atoms with Crippen LogP contribution in [-0.2, 0) is 11.8 Å². The largest absolute Gasteiger partial charge is 0.368 e. The lowest BCUT2D eigenvalue weighted by molar-refractivity contribution is -0.117. The van der Waals surface area contributed by atoms with E-state index in [1.165, 1.54) is 0 Å². The Hall–Kier alpha value is -2.89. The molecule has 104 valence electrons. The number of nitrogens with one attached hydrogen (secondary N) is 2. The summed E-state index contributed by atoms with van der Waals surface area (Å²) in [6.07, 6.45) is 5.22. The Morgan fingerprint density at radius 2 is 2.10 bits per heavy atom. The van der Waals surface area contributed by atoms with E-state index in [9.17, 15) is 4.79 Å². The summed E-state index contributed by atoms with van der Waals surface area (Å²) in [6.45, 7) is 0. The van der Waals surface area contributed by atoms with Gasteiger partial charge in [0.05, 0.1) is 29.3 Å². The highest BCUT2D eigenvalue weighted by molar-refractivity contribution is 6.09. The number of hydrogen-bond donors (Lipinski definition) is 2. The van der Waals surface area contributed by atoms with E-state index in [1.807, 2.05) is 37.5 Å². The molecule has 2 N–H and O–H groups in total. The zero-order chi connectivity index (χ0) is 14.4. The summed E-state index contributed by atoms with van der Waals surface area (Å²) in [5.74, 6) is -0.104. The van der Waals surface area contributed by atoms with Crippen LogP contribution in [0, 0.1) is 0 Å². The fourth-order valence-corrected chi connectivity index (χ4v) is 2.63. The topological polar surface area (TPSA) is 71.8 Å². The third-order valence-corrected chi connectivity index (χ3v) is 3.64. The molecule has 1 aliphatic rings. The Kier molecular flexibility index (Phi) is 2.44. The summed E-state index contributed by atoms with van der Waals surface area (Å²) < 4.78 is 1.68. The van der Waals surface area contributed by atoms with Gasteiger partial charge in [-0.3, -0.25) is 14.5 Å². The molecule has 0 bridgehead atoms. The molecule has 0 fully saturated rings. The first-order valence-corrected chi connectivity index (χ1v) is 6.66. The average molecular weight is 279 g/mol. The molecule has 4 rings (SSSR count). The number of nitrogens with zero attached hydrogens (tertiary/aromatic N) is 3. The van der Waals surface area contributed by atoms with Crippen molar-refractivity contribution >= 4 is 28.2 Å². The Balaban J connectivity index is 1.85. The maximum absolute atomic E-state index is 12.3. The number of aromatic nitrogens is 3. The van der Waals surface area contributed by atoms with E-state index in [0.717, 1.165) is 22.2 Å². The second-order valence-corrected chi connectivity index (χ2v) is 5.08. The molecule has 1 aromatic carbocycles.